The van der Waals surface area contributed by atoms with Crippen LogP contribution in [-0.2, 0) is 13.7 Å². The van der Waals surface area contributed by atoms with Gasteiger partial charge in [-0.1, -0.05) is 0 Å². The third-order valence-corrected chi connectivity index (χ3v) is 2.85. The number of carboxylic acids is 1. The summed E-state index contributed by atoms with van der Waals surface area (Å²) in [5.41, 5.74) is 0.742. The van der Waals surface area contributed by atoms with Crippen molar-refractivity contribution in [1.82, 2.24) is 9.78 Å². The fourth-order valence-corrected chi connectivity index (χ4v) is 1.90. The average molecular weight is 276 g/mol. The molecule has 0 amide bonds. The Kier molecular flexibility index (Phi) is 2.94. The lowest BCUT2D eigenvalue weighted by atomic mass is 10.2. The molecule has 1 aromatic carbocycles. The highest BCUT2D eigenvalue weighted by Crippen LogP contribution is 2.38. The topological polar surface area (TPSA) is 82.8 Å². The minimum atomic E-state index is -1.08. The van der Waals surface area contributed by atoms with Crippen LogP contribution in [0.15, 0.2) is 24.4 Å². The highest BCUT2D eigenvalue weighted by atomic mass is 16.7. The Morgan fingerprint density at radius 1 is 1.45 bits per heavy atom. The minimum absolute atomic E-state index is 0.0326. The fraction of sp³-hybridized carbons (Fsp3) is 0.231. The van der Waals surface area contributed by atoms with E-state index in [4.69, 9.17) is 14.2 Å². The van der Waals surface area contributed by atoms with Gasteiger partial charge in [-0.25, -0.2) is 4.79 Å². The van der Waals surface area contributed by atoms with Crippen LogP contribution in [0, 0.1) is 0 Å². The van der Waals surface area contributed by atoms with Crippen molar-refractivity contribution in [2.24, 2.45) is 7.05 Å². The predicted molar refractivity (Wildman–Crippen MR) is 67.1 cm³/mol. The molecule has 7 heteroatoms. The molecule has 2 heterocycles. The van der Waals surface area contributed by atoms with E-state index in [-0.39, 0.29) is 24.7 Å². The SMILES string of the molecule is Cn1ccc(COc2cc3c(cc2C(=O)O)OCO3)n1. The summed E-state index contributed by atoms with van der Waals surface area (Å²) in [6.45, 7) is 0.263. The largest absolute Gasteiger partial charge is 0.486 e. The van der Waals surface area contributed by atoms with Crippen LogP contribution >= 0.6 is 0 Å². The highest BCUT2D eigenvalue weighted by molar-refractivity contribution is 5.92. The number of carboxylic acid groups (broad SMARTS) is 1. The molecule has 1 aromatic heterocycles. The number of hydrogen-bond donors (Lipinski definition) is 1. The summed E-state index contributed by atoms with van der Waals surface area (Å²) < 4.78 is 17.5. The molecular weight excluding hydrogens is 264 g/mol. The van der Waals surface area contributed by atoms with Crippen LogP contribution < -0.4 is 14.2 Å². The second-order valence-corrected chi connectivity index (χ2v) is 4.28. The number of fused-ring (bicyclic) bond motifs is 1. The maximum Gasteiger partial charge on any atom is 0.339 e. The first-order valence-corrected chi connectivity index (χ1v) is 5.92. The van der Waals surface area contributed by atoms with Gasteiger partial charge in [0.1, 0.15) is 17.9 Å². The Morgan fingerprint density at radius 3 is 2.85 bits per heavy atom. The van der Waals surface area contributed by atoms with Gasteiger partial charge < -0.3 is 19.3 Å². The first-order valence-electron chi connectivity index (χ1n) is 5.92. The smallest absolute Gasteiger partial charge is 0.339 e. The fourth-order valence-electron chi connectivity index (χ4n) is 1.90. The van der Waals surface area contributed by atoms with Crippen LogP contribution in [0.25, 0.3) is 0 Å². The molecule has 0 saturated heterocycles. The highest BCUT2D eigenvalue weighted by Gasteiger charge is 2.21. The predicted octanol–water partition coefficient (Wildman–Crippen LogP) is 1.43. The van der Waals surface area contributed by atoms with Gasteiger partial charge in [-0.15, -0.1) is 0 Å². The Bertz CT molecular complexity index is 665. The molecule has 1 N–H and O–H groups in total. The van der Waals surface area contributed by atoms with Crippen molar-refractivity contribution in [1.29, 1.82) is 0 Å². The lowest BCUT2D eigenvalue weighted by molar-refractivity contribution is 0.0691. The van der Waals surface area contributed by atoms with Crippen molar-refractivity contribution >= 4 is 5.97 Å². The van der Waals surface area contributed by atoms with Crippen LogP contribution in [0.2, 0.25) is 0 Å². The number of aromatic nitrogens is 2. The van der Waals surface area contributed by atoms with Crippen molar-refractivity contribution in [2.45, 2.75) is 6.61 Å². The summed E-state index contributed by atoms with van der Waals surface area (Å²) >= 11 is 0. The summed E-state index contributed by atoms with van der Waals surface area (Å²) in [6, 6.07) is 4.72. The van der Waals surface area contributed by atoms with E-state index in [1.807, 2.05) is 0 Å². The van der Waals surface area contributed by atoms with Crippen molar-refractivity contribution < 1.29 is 24.1 Å². The second-order valence-electron chi connectivity index (χ2n) is 4.28. The number of carbonyl (C=O) groups is 1. The van der Waals surface area contributed by atoms with Gasteiger partial charge in [-0.05, 0) is 6.07 Å². The number of ether oxygens (including phenoxy) is 3. The van der Waals surface area contributed by atoms with Gasteiger partial charge in [0.05, 0.1) is 5.69 Å². The third kappa shape index (κ3) is 2.25. The van der Waals surface area contributed by atoms with E-state index < -0.39 is 5.97 Å². The lowest BCUT2D eigenvalue weighted by Crippen LogP contribution is -2.04. The minimum Gasteiger partial charge on any atom is -0.486 e. The summed E-state index contributed by atoms with van der Waals surface area (Å²) in [6.07, 6.45) is 1.79. The number of aryl methyl sites for hydroxylation is 1. The Labute approximate surface area is 114 Å². The number of hydrogen-bond acceptors (Lipinski definition) is 5. The zero-order chi connectivity index (χ0) is 14.1. The molecule has 0 unspecified atom stereocenters. The van der Waals surface area contributed by atoms with E-state index in [9.17, 15) is 9.90 Å². The van der Waals surface area contributed by atoms with Crippen LogP contribution in [-0.4, -0.2) is 27.6 Å². The van der Waals surface area contributed by atoms with Gasteiger partial charge >= 0.3 is 5.97 Å². The summed E-state index contributed by atoms with van der Waals surface area (Å²) in [5.74, 6) is 0.0327. The van der Waals surface area contributed by atoms with E-state index in [1.165, 1.54) is 12.1 Å². The van der Waals surface area contributed by atoms with Crippen LogP contribution in [0.5, 0.6) is 17.2 Å². The molecule has 7 nitrogen and oxygen atoms in total. The maximum atomic E-state index is 11.2. The molecule has 1 aliphatic rings. The molecule has 1 aliphatic heterocycles. The van der Waals surface area contributed by atoms with Gasteiger partial charge in [0.25, 0.3) is 0 Å². The van der Waals surface area contributed by atoms with Crippen LogP contribution in [0.3, 0.4) is 0 Å². The first-order chi connectivity index (χ1) is 9.63. The molecule has 0 aliphatic carbocycles. The van der Waals surface area contributed by atoms with Crippen molar-refractivity contribution in [2.75, 3.05) is 6.79 Å². The van der Waals surface area contributed by atoms with E-state index in [0.717, 1.165) is 0 Å². The number of aromatic carboxylic acids is 1. The zero-order valence-electron chi connectivity index (χ0n) is 10.7. The van der Waals surface area contributed by atoms with E-state index in [0.29, 0.717) is 17.2 Å². The van der Waals surface area contributed by atoms with Crippen LogP contribution in [0.1, 0.15) is 16.1 Å². The Hall–Kier alpha value is -2.70. The lowest BCUT2D eigenvalue weighted by Gasteiger charge is -2.09. The van der Waals surface area contributed by atoms with Gasteiger partial charge in [0, 0.05) is 25.4 Å². The Morgan fingerprint density at radius 2 is 2.20 bits per heavy atom. The molecule has 0 bridgehead atoms. The quantitative estimate of drug-likeness (QED) is 0.909. The van der Waals surface area contributed by atoms with Gasteiger partial charge in [-0.2, -0.15) is 5.10 Å². The zero-order valence-corrected chi connectivity index (χ0v) is 10.7. The van der Waals surface area contributed by atoms with E-state index in [1.54, 1.807) is 24.0 Å². The van der Waals surface area contributed by atoms with E-state index in [2.05, 4.69) is 5.10 Å². The molecule has 0 radical (unpaired) electrons. The standard InChI is InChI=1S/C13H12N2O5/c1-15-3-2-8(14-15)6-18-10-5-12-11(19-7-20-12)4-9(10)13(16)17/h2-5H,6-7H2,1H3,(H,16,17). The Balaban J connectivity index is 1.86. The van der Waals surface area contributed by atoms with Crippen molar-refractivity contribution in [3.05, 3.63) is 35.7 Å². The normalized spacial score (nSPS) is 12.4. The maximum absolute atomic E-state index is 11.2. The molecule has 0 atom stereocenters. The van der Waals surface area contributed by atoms with Crippen molar-refractivity contribution in [3.63, 3.8) is 0 Å². The summed E-state index contributed by atoms with van der Waals surface area (Å²) in [5, 5.41) is 13.4. The van der Waals surface area contributed by atoms with E-state index >= 15 is 0 Å². The average Bonchev–Trinajstić information content (AvgIpc) is 3.03. The summed E-state index contributed by atoms with van der Waals surface area (Å²) in [4.78, 5) is 11.2. The molecule has 0 spiro atoms. The molecule has 20 heavy (non-hydrogen) atoms. The van der Waals surface area contributed by atoms with Crippen molar-refractivity contribution in [3.8, 4) is 17.2 Å². The van der Waals surface area contributed by atoms with Gasteiger partial charge in [0.15, 0.2) is 11.5 Å². The van der Waals surface area contributed by atoms with Gasteiger partial charge in [-0.3, -0.25) is 4.68 Å². The number of benzene rings is 1. The second kappa shape index (κ2) is 4.76. The molecular formula is C13H12N2O5. The summed E-state index contributed by atoms with van der Waals surface area (Å²) in [7, 11) is 1.80. The molecule has 104 valence electrons. The van der Waals surface area contributed by atoms with Crippen LogP contribution in [0.4, 0.5) is 0 Å². The first kappa shape index (κ1) is 12.3. The number of nitrogens with zero attached hydrogens (tertiary/aromatic N) is 2. The molecule has 0 fully saturated rings. The third-order valence-electron chi connectivity index (χ3n) is 2.85. The molecule has 0 saturated carbocycles. The molecule has 2 aromatic rings. The number of rotatable bonds is 4. The monoisotopic (exact) mass is 276 g/mol. The molecule has 3 rings (SSSR count). The van der Waals surface area contributed by atoms with Gasteiger partial charge in [0.2, 0.25) is 6.79 Å².